The van der Waals surface area contributed by atoms with E-state index in [4.69, 9.17) is 22.9 Å². The van der Waals surface area contributed by atoms with E-state index in [1.807, 2.05) is 0 Å². The molecule has 2 aromatic rings. The summed E-state index contributed by atoms with van der Waals surface area (Å²) in [5.74, 6) is -20.5. The molecule has 1 heterocycles. The fourth-order valence-corrected chi connectivity index (χ4v) is 12.6. The molecule has 44 nitrogen and oxygen atoms in total. The molecule has 1 aliphatic rings. The smallest absolute Gasteiger partial charge is 0.328 e. The van der Waals surface area contributed by atoms with Gasteiger partial charge in [-0.3, -0.25) is 81.5 Å². The van der Waals surface area contributed by atoms with Crippen LogP contribution >= 0.6 is 0 Å². The number of rotatable bonds is 54. The Labute approximate surface area is 705 Å². The third-order valence-corrected chi connectivity index (χ3v) is 19.3. The van der Waals surface area contributed by atoms with E-state index in [0.29, 0.717) is 11.1 Å². The third-order valence-electron chi connectivity index (χ3n) is 19.3. The van der Waals surface area contributed by atoms with Crippen LogP contribution in [0.2, 0.25) is 0 Å². The number of phenolic OH excluding ortho intramolecular Hbond substituents is 1. The third kappa shape index (κ3) is 36.4. The van der Waals surface area contributed by atoms with Crippen molar-refractivity contribution < 1.29 is 122 Å². The van der Waals surface area contributed by atoms with Crippen LogP contribution in [0.25, 0.3) is 0 Å². The Balaban J connectivity index is 1.81. The number of carbonyl (C=O) groups excluding carboxylic acids is 17. The van der Waals surface area contributed by atoms with Gasteiger partial charge in [0.15, 0.2) is 6.04 Å². The van der Waals surface area contributed by atoms with Gasteiger partial charge >= 0.3 is 5.97 Å². The number of aliphatic hydroxyl groups is 5. The molecule has 0 spiro atoms. The lowest BCUT2D eigenvalue weighted by Crippen LogP contribution is -2.63. The van der Waals surface area contributed by atoms with Crippen LogP contribution in [0.15, 0.2) is 54.6 Å². The zero-order chi connectivity index (χ0) is 91.9. The van der Waals surface area contributed by atoms with Crippen molar-refractivity contribution in [3.8, 4) is 5.75 Å². The van der Waals surface area contributed by atoms with Crippen LogP contribution in [0.5, 0.6) is 5.75 Å². The summed E-state index contributed by atoms with van der Waals surface area (Å²) in [6, 6.07) is -8.76. The zero-order valence-corrected chi connectivity index (χ0v) is 69.9. The Morgan fingerprint density at radius 1 is 0.434 bits per heavy atom. The van der Waals surface area contributed by atoms with Gasteiger partial charge in [0.2, 0.25) is 100 Å². The van der Waals surface area contributed by atoms with E-state index in [0.717, 1.165) is 25.7 Å². The van der Waals surface area contributed by atoms with E-state index >= 15 is 0 Å². The maximum atomic E-state index is 14.4. The molecule has 0 radical (unpaired) electrons. The van der Waals surface area contributed by atoms with Gasteiger partial charge in [-0.1, -0.05) is 84.0 Å². The average Bonchev–Trinajstić information content (AvgIpc) is 1.63. The van der Waals surface area contributed by atoms with Gasteiger partial charge in [0.05, 0.1) is 50.7 Å². The molecule has 122 heavy (non-hydrogen) atoms. The number of likely N-dealkylation sites (tertiary alicyclic amines) is 1. The second kappa shape index (κ2) is 52.6. The highest BCUT2D eigenvalue weighted by atomic mass is 16.4. The first-order valence-electron chi connectivity index (χ1n) is 40.1. The van der Waals surface area contributed by atoms with Crippen LogP contribution < -0.4 is 97.4 Å². The number of primary amides is 2. The molecule has 2 aromatic carbocycles. The lowest BCUT2D eigenvalue weighted by Gasteiger charge is -2.32. The molecule has 1 saturated heterocycles. The molecular formula is C78H123N19O25. The fourth-order valence-electron chi connectivity index (χ4n) is 12.6. The van der Waals surface area contributed by atoms with Crippen molar-refractivity contribution >= 4 is 106 Å². The molecule has 0 aliphatic carbocycles. The Bertz CT molecular complexity index is 3890. The van der Waals surface area contributed by atoms with Crippen molar-refractivity contribution in [3.63, 3.8) is 0 Å². The number of aliphatic carboxylic acids is 1. The molecule has 1 aliphatic heterocycles. The number of hydrogen-bond acceptors (Lipinski definition) is 26. The standard InChI is InChI=1S/C78H123N19O25/c1-38(2)30-51(89-69(112)53(33-44-16-11-10-12-17-44)85-60(107)35-83-59(106)34-84-65(108)47(80)32-45-20-22-46(103)23-21-45)71(114)94-62(41(7)100)76(119)92-55(37-99)73(116)87-49(24-26-57(81)104)67(110)86-48(18-13-14-28-79)66(109)91-54(36-98)72(115)88-50(25-27-58(82)105)68(111)95-63(42(8)101)77(120)97-29-15-19-56(97)74(117)90-52(31-39(3)4)70(113)93-61(40(5)6)75(118)96-64(43(9)102)78(121)122/h10-12,16-17,20-23,38-43,47-56,61-64,98-103H,13-15,18-19,24-37,79-80H2,1-9H3,(H2,81,104)(H2,82,105)(H,83,106)(H,84,108)(H,85,107)(H,86,110)(H,87,116)(H,88,115)(H,89,112)(H,90,117)(H,91,109)(H,92,119)(H,93,113)(H,94,114)(H,95,111)(H,96,118)(H,121,122)/t41-,42-,43-,47+,48+,49+,50+,51+,52+,53+,54+,55+,56+,61+,62+,63+,64+/m1/s1. The number of nitrogens with two attached hydrogens (primary N) is 4. The van der Waals surface area contributed by atoms with Crippen molar-refractivity contribution in [2.24, 2.45) is 40.7 Å². The van der Waals surface area contributed by atoms with E-state index in [-0.39, 0.29) is 88.5 Å². The Kier molecular flexibility index (Phi) is 45.1. The molecule has 0 saturated carbocycles. The molecule has 44 heteroatoms. The normalized spacial score (nSPS) is 16.5. The minimum atomic E-state index is -2.02. The number of nitrogens with zero attached hydrogens (tertiary/aromatic N) is 1. The molecule has 680 valence electrons. The summed E-state index contributed by atoms with van der Waals surface area (Å²) in [6.45, 7) is 9.45. The quantitative estimate of drug-likeness (QED) is 0.0274. The summed E-state index contributed by atoms with van der Waals surface area (Å²) in [5.41, 5.74) is 23.8. The van der Waals surface area contributed by atoms with Gasteiger partial charge in [-0.05, 0) is 133 Å². The van der Waals surface area contributed by atoms with Crippen LogP contribution in [-0.2, 0) is 99.1 Å². The van der Waals surface area contributed by atoms with Crippen molar-refractivity contribution in [1.29, 1.82) is 0 Å². The Hall–Kier alpha value is -11.6. The molecular weight excluding hydrogens is 1600 g/mol. The molecule has 0 aromatic heterocycles. The summed E-state index contributed by atoms with van der Waals surface area (Å²) in [6.07, 6.45) is -7.47. The molecule has 29 N–H and O–H groups in total. The van der Waals surface area contributed by atoms with Gasteiger partial charge in [-0.2, -0.15) is 0 Å². The SMILES string of the molecule is CC(C)C[C@H](NC(=O)[C@H](Cc1ccccc1)NC(=O)CNC(=O)CNC(=O)[C@@H](N)Cc1ccc(O)cc1)C(=O)N[C@H](C(=O)N[C@@H](CO)C(=O)N[C@@H](CCC(N)=O)C(=O)N[C@@H](CCCCN)C(=O)N[C@@H](CO)C(=O)N[C@@H](CCC(N)=O)C(=O)N[C@H](C(=O)N1CCC[C@H]1C(=O)N[C@@H](CC(C)C)C(=O)N[C@H](C(=O)N[C@H](C(=O)O)[C@@H](C)O)C(C)C)[C@@H](C)O)[C@@H](C)O. The van der Waals surface area contributed by atoms with E-state index in [2.05, 4.69) is 74.4 Å². The van der Waals surface area contributed by atoms with Crippen molar-refractivity contribution in [1.82, 2.24) is 79.3 Å². The molecule has 1 fully saturated rings. The summed E-state index contributed by atoms with van der Waals surface area (Å²) >= 11 is 0. The second-order valence-corrected chi connectivity index (χ2v) is 31.1. The number of hydrogen-bond donors (Lipinski definition) is 25. The number of phenols is 1. The molecule has 3 rings (SSSR count). The average molecular weight is 1730 g/mol. The lowest BCUT2D eigenvalue weighted by molar-refractivity contribution is -0.145. The van der Waals surface area contributed by atoms with Crippen LogP contribution in [0.1, 0.15) is 144 Å². The minimum Gasteiger partial charge on any atom is -0.508 e. The number of nitrogens with one attached hydrogen (secondary N) is 14. The number of carboxylic acids is 1. The maximum absolute atomic E-state index is 14.4. The number of benzene rings is 2. The molecule has 0 unspecified atom stereocenters. The maximum Gasteiger partial charge on any atom is 0.328 e. The van der Waals surface area contributed by atoms with E-state index in [9.17, 15) is 122 Å². The van der Waals surface area contributed by atoms with Gasteiger partial charge in [0, 0.05) is 25.8 Å². The monoisotopic (exact) mass is 1730 g/mol. The number of unbranched alkanes of at least 4 members (excludes halogenated alkanes) is 1. The molecule has 17 atom stereocenters. The highest BCUT2D eigenvalue weighted by molar-refractivity contribution is 6.01. The largest absolute Gasteiger partial charge is 0.508 e. The van der Waals surface area contributed by atoms with Crippen LogP contribution in [0.3, 0.4) is 0 Å². The van der Waals surface area contributed by atoms with Crippen LogP contribution in [0.4, 0.5) is 0 Å². The molecule has 17 amide bonds. The number of carbonyl (C=O) groups is 18. The van der Waals surface area contributed by atoms with Gasteiger partial charge in [-0.15, -0.1) is 0 Å². The van der Waals surface area contributed by atoms with Crippen molar-refractivity contribution in [3.05, 3.63) is 65.7 Å². The first-order chi connectivity index (χ1) is 57.3. The number of aromatic hydroxyl groups is 1. The number of aliphatic hydroxyl groups excluding tert-OH is 5. The number of carboxylic acid groups (broad SMARTS) is 1. The van der Waals surface area contributed by atoms with E-state index in [1.54, 1.807) is 84.0 Å². The zero-order valence-electron chi connectivity index (χ0n) is 69.9. The van der Waals surface area contributed by atoms with E-state index in [1.165, 1.54) is 12.1 Å². The first kappa shape index (κ1) is 105. The molecule has 0 bridgehead atoms. The number of amides is 17. The highest BCUT2D eigenvalue weighted by Crippen LogP contribution is 2.22. The summed E-state index contributed by atoms with van der Waals surface area (Å²) in [5, 5.41) is 105. The summed E-state index contributed by atoms with van der Waals surface area (Å²) in [7, 11) is 0. The summed E-state index contributed by atoms with van der Waals surface area (Å²) < 4.78 is 0. The van der Waals surface area contributed by atoms with Gasteiger partial charge in [0.25, 0.3) is 0 Å². The predicted molar refractivity (Wildman–Crippen MR) is 434 cm³/mol. The Morgan fingerprint density at radius 3 is 1.32 bits per heavy atom. The van der Waals surface area contributed by atoms with Crippen LogP contribution in [-0.4, -0.2) is 289 Å². The van der Waals surface area contributed by atoms with Crippen LogP contribution in [0, 0.1) is 17.8 Å². The van der Waals surface area contributed by atoms with Gasteiger partial charge in [0.1, 0.15) is 78.3 Å². The first-order valence-corrected chi connectivity index (χ1v) is 40.1. The van der Waals surface area contributed by atoms with Gasteiger partial charge in [-0.25, -0.2) is 4.79 Å². The highest BCUT2D eigenvalue weighted by Gasteiger charge is 2.43. The predicted octanol–water partition coefficient (Wildman–Crippen LogP) is -8.83. The van der Waals surface area contributed by atoms with Gasteiger partial charge < -0.3 is 138 Å². The van der Waals surface area contributed by atoms with Crippen molar-refractivity contribution in [2.45, 2.75) is 249 Å². The Morgan fingerprint density at radius 2 is 0.844 bits per heavy atom. The van der Waals surface area contributed by atoms with E-state index < -0.39 is 267 Å². The fraction of sp³-hybridized carbons (Fsp3) is 0.615. The second-order valence-electron chi connectivity index (χ2n) is 31.1. The topological polar surface area (TPSA) is 725 Å². The lowest BCUT2D eigenvalue weighted by atomic mass is 9.99. The minimum absolute atomic E-state index is 0.00658. The van der Waals surface area contributed by atoms with Crippen molar-refractivity contribution in [2.75, 3.05) is 39.4 Å². The summed E-state index contributed by atoms with van der Waals surface area (Å²) in [4.78, 5) is 245.